The van der Waals surface area contributed by atoms with Crippen molar-refractivity contribution in [2.75, 3.05) is 13.3 Å². The molecule has 4 heteroatoms. The third-order valence-electron chi connectivity index (χ3n) is 3.36. The van der Waals surface area contributed by atoms with Gasteiger partial charge in [0.1, 0.15) is 0 Å². The number of halogens is 1. The first-order chi connectivity index (χ1) is 8.56. The summed E-state index contributed by atoms with van der Waals surface area (Å²) in [6, 6.07) is 1.86. The van der Waals surface area contributed by atoms with E-state index in [2.05, 4.69) is 20.8 Å². The van der Waals surface area contributed by atoms with Crippen LogP contribution in [0, 0.1) is 0 Å². The van der Waals surface area contributed by atoms with E-state index in [1.165, 1.54) is 0 Å². The van der Waals surface area contributed by atoms with Crippen molar-refractivity contribution in [1.29, 1.82) is 0 Å². The molecule has 2 rings (SSSR count). The normalized spacial score (nSPS) is 15.2. The smallest absolute Gasteiger partial charge is 0.231 e. The van der Waals surface area contributed by atoms with Crippen LogP contribution in [0.5, 0.6) is 11.5 Å². The predicted molar refractivity (Wildman–Crippen MR) is 73.8 cm³/mol. The summed E-state index contributed by atoms with van der Waals surface area (Å²) in [5.74, 6) is 2.28. The molecule has 1 atom stereocenters. The van der Waals surface area contributed by atoms with Gasteiger partial charge in [0.15, 0.2) is 11.5 Å². The molecule has 18 heavy (non-hydrogen) atoms. The van der Waals surface area contributed by atoms with E-state index in [1.807, 2.05) is 6.07 Å². The molecule has 0 saturated carbocycles. The quantitative estimate of drug-likeness (QED) is 0.907. The van der Waals surface area contributed by atoms with Gasteiger partial charge in [0, 0.05) is 16.7 Å². The second kappa shape index (κ2) is 5.37. The fourth-order valence-electron chi connectivity index (χ4n) is 2.52. The van der Waals surface area contributed by atoms with Crippen molar-refractivity contribution in [2.24, 2.45) is 5.73 Å². The van der Waals surface area contributed by atoms with Crippen molar-refractivity contribution in [3.8, 4) is 11.5 Å². The molecule has 1 aromatic rings. The van der Waals surface area contributed by atoms with Gasteiger partial charge in [-0.25, -0.2) is 0 Å². The van der Waals surface area contributed by atoms with Crippen LogP contribution in [0.15, 0.2) is 6.07 Å². The van der Waals surface area contributed by atoms with Crippen molar-refractivity contribution < 1.29 is 9.47 Å². The van der Waals surface area contributed by atoms with Crippen molar-refractivity contribution >= 4 is 11.6 Å². The van der Waals surface area contributed by atoms with E-state index in [0.717, 1.165) is 34.1 Å². The first-order valence-corrected chi connectivity index (χ1v) is 6.76. The Bertz CT molecular complexity index is 446. The molecular formula is C14H20ClNO2. The molecule has 1 aliphatic heterocycles. The Morgan fingerprint density at radius 1 is 1.28 bits per heavy atom. The monoisotopic (exact) mass is 269 g/mol. The fraction of sp³-hybridized carbons (Fsp3) is 0.571. The molecule has 3 nitrogen and oxygen atoms in total. The van der Waals surface area contributed by atoms with Gasteiger partial charge in [0.25, 0.3) is 0 Å². The Morgan fingerprint density at radius 2 is 2.00 bits per heavy atom. The largest absolute Gasteiger partial charge is 0.454 e. The lowest BCUT2D eigenvalue weighted by molar-refractivity contribution is 0.173. The Morgan fingerprint density at radius 3 is 2.61 bits per heavy atom. The number of hydrogen-bond donors (Lipinski definition) is 1. The second-order valence-electron chi connectivity index (χ2n) is 5.05. The van der Waals surface area contributed by atoms with E-state index in [-0.39, 0.29) is 6.79 Å². The molecule has 0 saturated heterocycles. The lowest BCUT2D eigenvalue weighted by atomic mass is 9.87. The van der Waals surface area contributed by atoms with Crippen LogP contribution in [-0.2, 0) is 0 Å². The first kappa shape index (κ1) is 13.5. The zero-order valence-corrected chi connectivity index (χ0v) is 11.9. The maximum absolute atomic E-state index is 6.41. The van der Waals surface area contributed by atoms with Crippen molar-refractivity contribution in [1.82, 2.24) is 0 Å². The molecule has 0 aliphatic carbocycles. The standard InChI is InChI=1S/C14H20ClNO2/c1-8(2)12-13(9(3)4-5-16)10(15)6-11-14(12)18-7-17-11/h6,8-9H,4-5,7,16H2,1-3H3. The van der Waals surface area contributed by atoms with Gasteiger partial charge in [-0.1, -0.05) is 32.4 Å². The zero-order valence-electron chi connectivity index (χ0n) is 11.1. The summed E-state index contributed by atoms with van der Waals surface area (Å²) in [7, 11) is 0. The SMILES string of the molecule is CC(C)c1c2c(cc(Cl)c1C(C)CCN)OCO2. The maximum atomic E-state index is 6.41. The van der Waals surface area contributed by atoms with E-state index < -0.39 is 0 Å². The van der Waals surface area contributed by atoms with E-state index in [1.54, 1.807) is 0 Å². The highest BCUT2D eigenvalue weighted by Gasteiger charge is 2.27. The van der Waals surface area contributed by atoms with E-state index in [9.17, 15) is 0 Å². The van der Waals surface area contributed by atoms with Crippen LogP contribution in [0.3, 0.4) is 0 Å². The molecule has 2 N–H and O–H groups in total. The molecule has 0 fully saturated rings. The van der Waals surface area contributed by atoms with Gasteiger partial charge in [0.05, 0.1) is 0 Å². The molecule has 0 radical (unpaired) electrons. The van der Waals surface area contributed by atoms with Crippen LogP contribution < -0.4 is 15.2 Å². The second-order valence-corrected chi connectivity index (χ2v) is 5.46. The van der Waals surface area contributed by atoms with E-state index >= 15 is 0 Å². The Hall–Kier alpha value is -0.930. The van der Waals surface area contributed by atoms with E-state index in [0.29, 0.717) is 18.4 Å². The number of ether oxygens (including phenoxy) is 2. The van der Waals surface area contributed by atoms with Gasteiger partial charge in [0.2, 0.25) is 6.79 Å². The molecule has 1 heterocycles. The van der Waals surface area contributed by atoms with Gasteiger partial charge in [-0.2, -0.15) is 0 Å². The summed E-state index contributed by atoms with van der Waals surface area (Å²) < 4.78 is 11.0. The van der Waals surface area contributed by atoms with Crippen LogP contribution in [-0.4, -0.2) is 13.3 Å². The molecule has 1 aromatic carbocycles. The highest BCUT2D eigenvalue weighted by atomic mass is 35.5. The molecule has 1 unspecified atom stereocenters. The lowest BCUT2D eigenvalue weighted by Crippen LogP contribution is -2.09. The number of nitrogens with two attached hydrogens (primary N) is 1. The highest BCUT2D eigenvalue weighted by molar-refractivity contribution is 6.31. The van der Waals surface area contributed by atoms with Gasteiger partial charge in [-0.05, 0) is 30.4 Å². The first-order valence-electron chi connectivity index (χ1n) is 6.38. The molecule has 100 valence electrons. The summed E-state index contributed by atoms with van der Waals surface area (Å²) >= 11 is 6.41. The minimum absolute atomic E-state index is 0.278. The zero-order chi connectivity index (χ0) is 13.3. The third-order valence-corrected chi connectivity index (χ3v) is 3.67. The summed E-state index contributed by atoms with van der Waals surface area (Å²) in [5.41, 5.74) is 7.97. The minimum Gasteiger partial charge on any atom is -0.454 e. The molecule has 0 aromatic heterocycles. The van der Waals surface area contributed by atoms with Crippen LogP contribution in [0.4, 0.5) is 0 Å². The molecule has 0 spiro atoms. The number of rotatable bonds is 4. The molecule has 1 aliphatic rings. The fourth-order valence-corrected chi connectivity index (χ4v) is 2.91. The van der Waals surface area contributed by atoms with Crippen LogP contribution in [0.25, 0.3) is 0 Å². The maximum Gasteiger partial charge on any atom is 0.231 e. The van der Waals surface area contributed by atoms with E-state index in [4.69, 9.17) is 26.8 Å². The Kier molecular flexibility index (Phi) is 4.03. The van der Waals surface area contributed by atoms with Crippen LogP contribution in [0.2, 0.25) is 5.02 Å². The highest BCUT2D eigenvalue weighted by Crippen LogP contribution is 2.47. The predicted octanol–water partition coefficient (Wildman–Crippen LogP) is 3.64. The Labute approximate surface area is 113 Å². The van der Waals surface area contributed by atoms with Crippen molar-refractivity contribution in [3.63, 3.8) is 0 Å². The average molecular weight is 270 g/mol. The number of hydrogen-bond acceptors (Lipinski definition) is 3. The summed E-state index contributed by atoms with van der Waals surface area (Å²) in [4.78, 5) is 0. The average Bonchev–Trinajstić information content (AvgIpc) is 2.74. The number of fused-ring (bicyclic) bond motifs is 1. The molecule has 0 bridgehead atoms. The molecular weight excluding hydrogens is 250 g/mol. The third kappa shape index (κ3) is 2.29. The van der Waals surface area contributed by atoms with Gasteiger partial charge in [-0.15, -0.1) is 0 Å². The Balaban J connectivity index is 2.56. The topological polar surface area (TPSA) is 44.5 Å². The van der Waals surface area contributed by atoms with Crippen molar-refractivity contribution in [3.05, 3.63) is 22.2 Å². The van der Waals surface area contributed by atoms with Gasteiger partial charge in [-0.3, -0.25) is 0 Å². The summed E-state index contributed by atoms with van der Waals surface area (Å²) in [5, 5.41) is 0.754. The van der Waals surface area contributed by atoms with Gasteiger partial charge >= 0.3 is 0 Å². The summed E-state index contributed by atoms with van der Waals surface area (Å²) in [6.45, 7) is 7.38. The van der Waals surface area contributed by atoms with Gasteiger partial charge < -0.3 is 15.2 Å². The summed E-state index contributed by atoms with van der Waals surface area (Å²) in [6.07, 6.45) is 0.916. The van der Waals surface area contributed by atoms with Crippen LogP contribution in [0.1, 0.15) is 50.2 Å². The van der Waals surface area contributed by atoms with Crippen LogP contribution >= 0.6 is 11.6 Å². The van der Waals surface area contributed by atoms with Crippen molar-refractivity contribution in [2.45, 2.75) is 39.0 Å². The number of benzene rings is 1. The minimum atomic E-state index is 0.278. The molecule has 0 amide bonds. The lowest BCUT2D eigenvalue weighted by Gasteiger charge is -2.21.